The topological polar surface area (TPSA) is 38.3 Å². The van der Waals surface area contributed by atoms with E-state index in [1.54, 1.807) is 13.8 Å². The summed E-state index contributed by atoms with van der Waals surface area (Å²) < 4.78 is 43.1. The van der Waals surface area contributed by atoms with E-state index in [-0.39, 0.29) is 18.0 Å². The molecule has 1 aromatic carbocycles. The first-order valence-corrected chi connectivity index (χ1v) is 6.23. The largest absolute Gasteiger partial charge is 0.468 e. The van der Waals surface area contributed by atoms with Crippen molar-refractivity contribution in [2.45, 2.75) is 32.6 Å². The van der Waals surface area contributed by atoms with Gasteiger partial charge in [-0.15, -0.1) is 0 Å². The van der Waals surface area contributed by atoms with E-state index in [1.807, 2.05) is 0 Å². The Morgan fingerprint density at radius 1 is 1.30 bits per heavy atom. The van der Waals surface area contributed by atoms with Crippen molar-refractivity contribution in [3.05, 3.63) is 35.4 Å². The molecule has 0 aliphatic heterocycles. The summed E-state index contributed by atoms with van der Waals surface area (Å²) in [5.41, 5.74) is -0.588. The normalized spacial score (nSPS) is 13.3. The predicted molar refractivity (Wildman–Crippen MR) is 68.9 cm³/mol. The molecule has 20 heavy (non-hydrogen) atoms. The summed E-state index contributed by atoms with van der Waals surface area (Å²) >= 11 is 0. The Hall–Kier alpha value is -1.56. The zero-order valence-electron chi connectivity index (χ0n) is 11.6. The SMILES string of the molecule is COC(=O)C(NCc1ccccc1C(F)(F)F)C(C)C. The van der Waals surface area contributed by atoms with Gasteiger partial charge in [0.25, 0.3) is 0 Å². The van der Waals surface area contributed by atoms with E-state index in [4.69, 9.17) is 0 Å². The van der Waals surface area contributed by atoms with E-state index in [1.165, 1.54) is 25.3 Å². The Balaban J connectivity index is 2.86. The number of benzene rings is 1. The minimum absolute atomic E-state index is 0.0480. The van der Waals surface area contributed by atoms with Crippen LogP contribution < -0.4 is 5.32 Å². The van der Waals surface area contributed by atoms with Crippen molar-refractivity contribution in [2.75, 3.05) is 7.11 Å². The van der Waals surface area contributed by atoms with Crippen LogP contribution in [0.2, 0.25) is 0 Å². The number of nitrogens with one attached hydrogen (secondary N) is 1. The van der Waals surface area contributed by atoms with Gasteiger partial charge in [-0.1, -0.05) is 32.0 Å². The molecule has 6 heteroatoms. The number of ether oxygens (including phenoxy) is 1. The maximum Gasteiger partial charge on any atom is 0.416 e. The summed E-state index contributed by atoms with van der Waals surface area (Å²) in [5.74, 6) is -0.565. The molecule has 0 aromatic heterocycles. The lowest BCUT2D eigenvalue weighted by molar-refractivity contribution is -0.144. The van der Waals surface area contributed by atoms with Crippen LogP contribution in [-0.4, -0.2) is 19.1 Å². The lowest BCUT2D eigenvalue weighted by Crippen LogP contribution is -2.41. The van der Waals surface area contributed by atoms with Gasteiger partial charge in [-0.25, -0.2) is 0 Å². The summed E-state index contributed by atoms with van der Waals surface area (Å²) in [4.78, 5) is 11.5. The number of carbonyl (C=O) groups excluding carboxylic acids is 1. The molecular formula is C14H18F3NO2. The zero-order valence-corrected chi connectivity index (χ0v) is 11.6. The Morgan fingerprint density at radius 3 is 2.40 bits per heavy atom. The second-order valence-electron chi connectivity index (χ2n) is 4.78. The first-order chi connectivity index (χ1) is 9.27. The predicted octanol–water partition coefficient (Wildman–Crippen LogP) is 2.99. The first kappa shape index (κ1) is 16.5. The second-order valence-corrected chi connectivity index (χ2v) is 4.78. The molecule has 0 bridgehead atoms. The molecule has 112 valence electrons. The third-order valence-electron chi connectivity index (χ3n) is 2.96. The number of rotatable bonds is 5. The molecule has 0 radical (unpaired) electrons. The highest BCUT2D eigenvalue weighted by Crippen LogP contribution is 2.31. The smallest absolute Gasteiger partial charge is 0.416 e. The van der Waals surface area contributed by atoms with Crippen LogP contribution in [0.3, 0.4) is 0 Å². The third-order valence-corrected chi connectivity index (χ3v) is 2.96. The van der Waals surface area contributed by atoms with Gasteiger partial charge in [-0.05, 0) is 17.5 Å². The number of hydrogen-bond acceptors (Lipinski definition) is 3. The van der Waals surface area contributed by atoms with Crippen LogP contribution in [0.5, 0.6) is 0 Å². The Morgan fingerprint density at radius 2 is 1.90 bits per heavy atom. The minimum Gasteiger partial charge on any atom is -0.468 e. The second kappa shape index (κ2) is 6.74. The van der Waals surface area contributed by atoms with Gasteiger partial charge in [0, 0.05) is 6.54 Å². The van der Waals surface area contributed by atoms with Crippen LogP contribution in [0.15, 0.2) is 24.3 Å². The number of hydrogen-bond donors (Lipinski definition) is 1. The van der Waals surface area contributed by atoms with E-state index < -0.39 is 23.8 Å². The minimum atomic E-state index is -4.41. The average Bonchev–Trinajstić information content (AvgIpc) is 2.37. The number of esters is 1. The highest BCUT2D eigenvalue weighted by molar-refractivity contribution is 5.75. The molecule has 0 amide bonds. The zero-order chi connectivity index (χ0) is 15.3. The number of halogens is 3. The van der Waals surface area contributed by atoms with Gasteiger partial charge in [-0.2, -0.15) is 13.2 Å². The number of carbonyl (C=O) groups is 1. The third kappa shape index (κ3) is 4.23. The first-order valence-electron chi connectivity index (χ1n) is 6.23. The average molecular weight is 289 g/mol. The summed E-state index contributed by atoms with van der Waals surface area (Å²) in [6.45, 7) is 3.54. The standard InChI is InChI=1S/C14H18F3NO2/c1-9(2)12(13(19)20-3)18-8-10-6-4-5-7-11(10)14(15,16)17/h4-7,9,12,18H,8H2,1-3H3. The Kier molecular flexibility index (Phi) is 5.56. The van der Waals surface area contributed by atoms with E-state index in [0.29, 0.717) is 0 Å². The molecule has 0 aliphatic carbocycles. The van der Waals surface area contributed by atoms with Crippen molar-refractivity contribution in [3.63, 3.8) is 0 Å². The van der Waals surface area contributed by atoms with Crippen molar-refractivity contribution in [2.24, 2.45) is 5.92 Å². The molecule has 1 atom stereocenters. The van der Waals surface area contributed by atoms with Crippen molar-refractivity contribution >= 4 is 5.97 Å². The van der Waals surface area contributed by atoms with E-state index >= 15 is 0 Å². The van der Waals surface area contributed by atoms with Crippen LogP contribution >= 0.6 is 0 Å². The van der Waals surface area contributed by atoms with Crippen molar-refractivity contribution in [1.82, 2.24) is 5.32 Å². The molecule has 3 nitrogen and oxygen atoms in total. The molecule has 0 aliphatic rings. The monoisotopic (exact) mass is 289 g/mol. The van der Waals surface area contributed by atoms with Gasteiger partial charge in [0.05, 0.1) is 12.7 Å². The fourth-order valence-electron chi connectivity index (χ4n) is 1.89. The van der Waals surface area contributed by atoms with Crippen LogP contribution in [-0.2, 0) is 22.3 Å². The van der Waals surface area contributed by atoms with Crippen LogP contribution in [0.4, 0.5) is 13.2 Å². The lowest BCUT2D eigenvalue weighted by atomic mass is 10.0. The van der Waals surface area contributed by atoms with Crippen molar-refractivity contribution in [3.8, 4) is 0 Å². The molecule has 0 heterocycles. The fourth-order valence-corrected chi connectivity index (χ4v) is 1.89. The lowest BCUT2D eigenvalue weighted by Gasteiger charge is -2.21. The molecule has 1 rings (SSSR count). The summed E-state index contributed by atoms with van der Waals surface area (Å²) in [6, 6.07) is 4.66. The molecule has 1 unspecified atom stereocenters. The summed E-state index contributed by atoms with van der Waals surface area (Å²) in [5, 5.41) is 2.82. The molecule has 1 N–H and O–H groups in total. The fraction of sp³-hybridized carbons (Fsp3) is 0.500. The molecule has 0 spiro atoms. The molecular weight excluding hydrogens is 271 g/mol. The highest BCUT2D eigenvalue weighted by atomic mass is 19.4. The number of alkyl halides is 3. The van der Waals surface area contributed by atoms with Gasteiger partial charge in [0.2, 0.25) is 0 Å². The number of methoxy groups -OCH3 is 1. The molecule has 0 saturated carbocycles. The maximum absolute atomic E-state index is 12.8. The Bertz CT molecular complexity index is 458. The van der Waals surface area contributed by atoms with Gasteiger partial charge >= 0.3 is 12.1 Å². The quantitative estimate of drug-likeness (QED) is 0.847. The maximum atomic E-state index is 12.8. The van der Waals surface area contributed by atoms with E-state index in [0.717, 1.165) is 6.07 Å². The summed E-state index contributed by atoms with van der Waals surface area (Å²) in [7, 11) is 1.25. The van der Waals surface area contributed by atoms with Crippen molar-refractivity contribution < 1.29 is 22.7 Å². The van der Waals surface area contributed by atoms with Gasteiger partial charge in [-0.3, -0.25) is 4.79 Å². The van der Waals surface area contributed by atoms with Crippen LogP contribution in [0.25, 0.3) is 0 Å². The summed E-state index contributed by atoms with van der Waals surface area (Å²) in [6.07, 6.45) is -4.41. The molecule has 0 saturated heterocycles. The van der Waals surface area contributed by atoms with Gasteiger partial charge < -0.3 is 10.1 Å². The van der Waals surface area contributed by atoms with E-state index in [9.17, 15) is 18.0 Å². The van der Waals surface area contributed by atoms with Gasteiger partial charge in [0.1, 0.15) is 6.04 Å². The van der Waals surface area contributed by atoms with Crippen LogP contribution in [0, 0.1) is 5.92 Å². The Labute approximate surface area is 116 Å². The highest BCUT2D eigenvalue weighted by Gasteiger charge is 2.33. The molecule has 0 fully saturated rings. The van der Waals surface area contributed by atoms with Crippen LogP contribution in [0.1, 0.15) is 25.0 Å². The van der Waals surface area contributed by atoms with Crippen molar-refractivity contribution in [1.29, 1.82) is 0 Å². The van der Waals surface area contributed by atoms with E-state index in [2.05, 4.69) is 10.1 Å². The molecule has 1 aromatic rings. The van der Waals surface area contributed by atoms with Gasteiger partial charge in [0.15, 0.2) is 0 Å².